The number of carbonyl (C=O) groups is 1. The molecule has 120 valence electrons. The largest absolute Gasteiger partial charge is 0.399 e. The smallest absolute Gasteiger partial charge is 0.195 e. The van der Waals surface area contributed by atoms with E-state index in [1.807, 2.05) is 6.07 Å². The summed E-state index contributed by atoms with van der Waals surface area (Å²) in [4.78, 5) is 20.1. The Labute approximate surface area is 138 Å². The molecule has 0 aliphatic carbocycles. The Morgan fingerprint density at radius 2 is 2.17 bits per heavy atom. The van der Waals surface area contributed by atoms with Gasteiger partial charge in [-0.25, -0.2) is 4.98 Å². The van der Waals surface area contributed by atoms with Crippen molar-refractivity contribution in [2.24, 2.45) is 0 Å². The molecule has 2 heterocycles. The minimum Gasteiger partial charge on any atom is -0.399 e. The summed E-state index contributed by atoms with van der Waals surface area (Å²) in [6.07, 6.45) is 6.27. The van der Waals surface area contributed by atoms with Crippen LogP contribution in [-0.4, -0.2) is 29.0 Å². The Morgan fingerprint density at radius 3 is 2.88 bits per heavy atom. The third-order valence-corrected chi connectivity index (χ3v) is 3.71. The third-order valence-electron chi connectivity index (χ3n) is 3.71. The van der Waals surface area contributed by atoms with E-state index in [2.05, 4.69) is 15.3 Å². The summed E-state index contributed by atoms with van der Waals surface area (Å²) in [5.74, 6) is -0.124. The van der Waals surface area contributed by atoms with Crippen LogP contribution in [0.1, 0.15) is 21.5 Å². The first-order chi connectivity index (χ1) is 11.6. The molecule has 0 aliphatic heterocycles. The molecule has 0 bridgehead atoms. The molecule has 3 aromatic rings. The molecule has 3 rings (SSSR count). The highest BCUT2D eigenvalue weighted by molar-refractivity contribution is 6.17. The molecule has 0 radical (unpaired) electrons. The average molecular weight is 319 g/mol. The molecule has 0 atom stereocenters. The summed E-state index contributed by atoms with van der Waals surface area (Å²) in [6.45, 7) is 0. The number of nitrogen functional groups attached to an aromatic ring is 1. The molecule has 5 N–H and O–H groups in total. The van der Waals surface area contributed by atoms with Gasteiger partial charge >= 0.3 is 0 Å². The second-order valence-corrected chi connectivity index (χ2v) is 5.31. The predicted molar refractivity (Wildman–Crippen MR) is 96.2 cm³/mol. The molecule has 0 fully saturated rings. The van der Waals surface area contributed by atoms with Crippen LogP contribution in [0.5, 0.6) is 0 Å². The molecule has 0 spiro atoms. The molecule has 6 heteroatoms. The van der Waals surface area contributed by atoms with Crippen LogP contribution in [0.2, 0.25) is 0 Å². The normalized spacial score (nSPS) is 11.5. The molecule has 24 heavy (non-hydrogen) atoms. The van der Waals surface area contributed by atoms with Crippen molar-refractivity contribution in [1.82, 2.24) is 15.3 Å². The van der Waals surface area contributed by atoms with Gasteiger partial charge in [0, 0.05) is 65.2 Å². The van der Waals surface area contributed by atoms with Crippen molar-refractivity contribution in [3.8, 4) is 0 Å². The number of hydrogen-bond acceptors (Lipinski definition) is 5. The van der Waals surface area contributed by atoms with E-state index < -0.39 is 0 Å². The van der Waals surface area contributed by atoms with Crippen LogP contribution in [0.25, 0.3) is 16.6 Å². The molecule has 1 aromatic carbocycles. The van der Waals surface area contributed by atoms with Crippen molar-refractivity contribution in [2.45, 2.75) is 0 Å². The van der Waals surface area contributed by atoms with E-state index >= 15 is 0 Å². The fourth-order valence-corrected chi connectivity index (χ4v) is 2.55. The van der Waals surface area contributed by atoms with E-state index in [1.165, 1.54) is 6.21 Å². The maximum absolute atomic E-state index is 12.8. The maximum atomic E-state index is 12.8. The fraction of sp³-hybridized carbons (Fsp3) is 0.0556. The van der Waals surface area contributed by atoms with Gasteiger partial charge in [-0.05, 0) is 18.2 Å². The van der Waals surface area contributed by atoms with Gasteiger partial charge in [-0.3, -0.25) is 4.79 Å². The van der Waals surface area contributed by atoms with Crippen molar-refractivity contribution in [2.75, 3.05) is 12.8 Å². The number of rotatable bonds is 5. The Hall–Kier alpha value is -3.41. The molecule has 0 saturated heterocycles. The number of aromatic nitrogens is 2. The second-order valence-electron chi connectivity index (χ2n) is 5.31. The van der Waals surface area contributed by atoms with Gasteiger partial charge < -0.3 is 21.4 Å². The highest BCUT2D eigenvalue weighted by Crippen LogP contribution is 2.23. The number of anilines is 1. The van der Waals surface area contributed by atoms with Crippen molar-refractivity contribution >= 4 is 34.3 Å². The van der Waals surface area contributed by atoms with Gasteiger partial charge in [0.1, 0.15) is 5.65 Å². The molecule has 0 saturated carbocycles. The Morgan fingerprint density at radius 1 is 1.33 bits per heavy atom. The van der Waals surface area contributed by atoms with Crippen molar-refractivity contribution in [3.63, 3.8) is 0 Å². The molecule has 2 aromatic heterocycles. The number of nitrogens with one attached hydrogen (secondary N) is 3. The highest BCUT2D eigenvalue weighted by Gasteiger charge is 2.16. The Balaban J connectivity index is 2.10. The van der Waals surface area contributed by atoms with Gasteiger partial charge in [-0.1, -0.05) is 12.1 Å². The number of H-pyrrole nitrogens is 1. The minimum atomic E-state index is -0.124. The first-order valence-electron chi connectivity index (χ1n) is 7.39. The van der Waals surface area contributed by atoms with Crippen molar-refractivity contribution in [3.05, 3.63) is 65.6 Å². The van der Waals surface area contributed by atoms with Gasteiger partial charge in [0.05, 0.1) is 0 Å². The number of fused-ring (bicyclic) bond motifs is 1. The zero-order valence-electron chi connectivity index (χ0n) is 13.1. The SMILES string of the molecule is CN/C=C(\C=N)c1cnc2[nH]cc(C(=O)c3cccc(N)c3)c2c1. The maximum Gasteiger partial charge on any atom is 0.195 e. The fourth-order valence-electron chi connectivity index (χ4n) is 2.55. The van der Waals surface area contributed by atoms with Gasteiger partial charge in [0.2, 0.25) is 0 Å². The van der Waals surface area contributed by atoms with Crippen molar-refractivity contribution in [1.29, 1.82) is 5.41 Å². The lowest BCUT2D eigenvalue weighted by Gasteiger charge is -2.04. The molecule has 0 unspecified atom stereocenters. The third kappa shape index (κ3) is 2.77. The summed E-state index contributed by atoms with van der Waals surface area (Å²) in [6, 6.07) is 8.74. The summed E-state index contributed by atoms with van der Waals surface area (Å²) in [5, 5.41) is 11.1. The highest BCUT2D eigenvalue weighted by atomic mass is 16.1. The van der Waals surface area contributed by atoms with E-state index in [9.17, 15) is 4.79 Å². The van der Waals surface area contributed by atoms with E-state index in [0.29, 0.717) is 33.4 Å². The molecular formula is C18H17N5O. The number of allylic oxidation sites excluding steroid dienone is 1. The number of nitrogens with two attached hydrogens (primary N) is 1. The van der Waals surface area contributed by atoms with Gasteiger partial charge in [0.25, 0.3) is 0 Å². The standard InChI is InChI=1S/C18H17N5O/c1-21-8-13(7-19)12-6-15-16(10-23-18(15)22-9-12)17(24)11-3-2-4-14(20)5-11/h2-10,19,21H,20H2,1H3,(H,22,23)/b13-8+,19-7?. The zero-order valence-corrected chi connectivity index (χ0v) is 13.1. The summed E-state index contributed by atoms with van der Waals surface area (Å²) < 4.78 is 0. The summed E-state index contributed by atoms with van der Waals surface area (Å²) in [5.41, 5.74) is 9.42. The average Bonchev–Trinajstić information content (AvgIpc) is 3.02. The molecular weight excluding hydrogens is 302 g/mol. The number of hydrogen-bond donors (Lipinski definition) is 4. The molecule has 6 nitrogen and oxygen atoms in total. The van der Waals surface area contributed by atoms with E-state index in [0.717, 1.165) is 5.56 Å². The second kappa shape index (κ2) is 6.37. The van der Waals surface area contributed by atoms with E-state index in [4.69, 9.17) is 11.1 Å². The molecule has 0 aliphatic rings. The number of nitrogens with zero attached hydrogens (tertiary/aromatic N) is 1. The predicted octanol–water partition coefficient (Wildman–Crippen LogP) is 2.59. The minimum absolute atomic E-state index is 0.124. The summed E-state index contributed by atoms with van der Waals surface area (Å²) in [7, 11) is 1.76. The van der Waals surface area contributed by atoms with Crippen LogP contribution in [0.15, 0.2) is 48.9 Å². The van der Waals surface area contributed by atoms with Crippen LogP contribution in [-0.2, 0) is 0 Å². The monoisotopic (exact) mass is 319 g/mol. The number of benzene rings is 1. The number of ketones is 1. The van der Waals surface area contributed by atoms with E-state index in [-0.39, 0.29) is 5.78 Å². The topological polar surface area (TPSA) is 108 Å². The lowest BCUT2D eigenvalue weighted by molar-refractivity contribution is 0.104. The molecule has 0 amide bonds. The Bertz CT molecular complexity index is 955. The number of carbonyl (C=O) groups excluding carboxylic acids is 1. The van der Waals surface area contributed by atoms with Crippen LogP contribution >= 0.6 is 0 Å². The van der Waals surface area contributed by atoms with Gasteiger partial charge in [0.15, 0.2) is 5.78 Å². The Kier molecular flexibility index (Phi) is 4.11. The number of aromatic amines is 1. The van der Waals surface area contributed by atoms with Gasteiger partial charge in [-0.2, -0.15) is 0 Å². The van der Waals surface area contributed by atoms with E-state index in [1.54, 1.807) is 49.9 Å². The summed E-state index contributed by atoms with van der Waals surface area (Å²) >= 11 is 0. The van der Waals surface area contributed by atoms with Crippen LogP contribution in [0.3, 0.4) is 0 Å². The lowest BCUT2D eigenvalue weighted by atomic mass is 10.0. The first kappa shape index (κ1) is 15.5. The van der Waals surface area contributed by atoms with Crippen molar-refractivity contribution < 1.29 is 4.79 Å². The number of pyridine rings is 1. The quantitative estimate of drug-likeness (QED) is 0.329. The van der Waals surface area contributed by atoms with Crippen LogP contribution in [0.4, 0.5) is 5.69 Å². The zero-order chi connectivity index (χ0) is 17.1. The lowest BCUT2D eigenvalue weighted by Crippen LogP contribution is -2.02. The van der Waals surface area contributed by atoms with Crippen LogP contribution in [0, 0.1) is 5.41 Å². The van der Waals surface area contributed by atoms with Crippen LogP contribution < -0.4 is 11.1 Å². The van der Waals surface area contributed by atoms with Gasteiger partial charge in [-0.15, -0.1) is 0 Å². The first-order valence-corrected chi connectivity index (χ1v) is 7.39.